The molecule has 150 valence electrons. The maximum absolute atomic E-state index is 12.2. The number of hydrogen-bond acceptors (Lipinski definition) is 5. The minimum atomic E-state index is -0.849. The summed E-state index contributed by atoms with van der Waals surface area (Å²) in [7, 11) is 1.60. The SMILES string of the molecule is COc1ccc(CNC(=O)[C@H](C)OC(=O)CSc2ccc3ccccc3c2)cc1. The second-order valence-corrected chi connectivity index (χ2v) is 7.54. The molecule has 1 amide bonds. The van der Waals surface area contributed by atoms with Crippen LogP contribution in [0.3, 0.4) is 0 Å². The van der Waals surface area contributed by atoms with E-state index < -0.39 is 12.1 Å². The Kier molecular flexibility index (Phi) is 7.14. The van der Waals surface area contributed by atoms with Crippen LogP contribution < -0.4 is 10.1 Å². The molecule has 1 atom stereocenters. The van der Waals surface area contributed by atoms with Gasteiger partial charge >= 0.3 is 5.97 Å². The highest BCUT2D eigenvalue weighted by Gasteiger charge is 2.17. The summed E-state index contributed by atoms with van der Waals surface area (Å²) in [5.74, 6) is 0.153. The van der Waals surface area contributed by atoms with Crippen molar-refractivity contribution in [1.82, 2.24) is 5.32 Å². The lowest BCUT2D eigenvalue weighted by Gasteiger charge is -2.13. The molecule has 0 aliphatic carbocycles. The topological polar surface area (TPSA) is 64.6 Å². The molecule has 6 heteroatoms. The molecule has 0 spiro atoms. The highest BCUT2D eigenvalue weighted by Crippen LogP contribution is 2.23. The largest absolute Gasteiger partial charge is 0.497 e. The number of esters is 1. The van der Waals surface area contributed by atoms with E-state index in [0.717, 1.165) is 27.0 Å². The van der Waals surface area contributed by atoms with Gasteiger partial charge in [-0.2, -0.15) is 0 Å². The summed E-state index contributed by atoms with van der Waals surface area (Å²) in [5, 5.41) is 5.05. The average Bonchev–Trinajstić information content (AvgIpc) is 2.76. The van der Waals surface area contributed by atoms with E-state index in [2.05, 4.69) is 5.32 Å². The number of amides is 1. The van der Waals surface area contributed by atoms with Gasteiger partial charge in [-0.1, -0.05) is 42.5 Å². The van der Waals surface area contributed by atoms with Crippen LogP contribution in [0, 0.1) is 0 Å². The zero-order valence-electron chi connectivity index (χ0n) is 16.4. The molecule has 3 aromatic rings. The van der Waals surface area contributed by atoms with Crippen LogP contribution in [0.5, 0.6) is 5.75 Å². The summed E-state index contributed by atoms with van der Waals surface area (Å²) in [5.41, 5.74) is 0.935. The Morgan fingerprint density at radius 3 is 2.45 bits per heavy atom. The molecule has 0 saturated heterocycles. The molecule has 0 saturated carbocycles. The van der Waals surface area contributed by atoms with Gasteiger partial charge in [-0.15, -0.1) is 11.8 Å². The molecule has 0 aromatic heterocycles. The summed E-state index contributed by atoms with van der Waals surface area (Å²) >= 11 is 1.39. The van der Waals surface area contributed by atoms with Crippen LogP contribution in [0.4, 0.5) is 0 Å². The lowest BCUT2D eigenvalue weighted by atomic mass is 10.1. The van der Waals surface area contributed by atoms with Gasteiger partial charge in [0.2, 0.25) is 0 Å². The summed E-state index contributed by atoms with van der Waals surface area (Å²) in [6.45, 7) is 1.93. The monoisotopic (exact) mass is 409 g/mol. The molecule has 0 unspecified atom stereocenters. The molecule has 1 N–H and O–H groups in total. The van der Waals surface area contributed by atoms with Gasteiger partial charge in [-0.25, -0.2) is 0 Å². The Labute approximate surface area is 174 Å². The molecule has 0 aliphatic heterocycles. The van der Waals surface area contributed by atoms with E-state index in [4.69, 9.17) is 9.47 Å². The second kappa shape index (κ2) is 9.98. The lowest BCUT2D eigenvalue weighted by Crippen LogP contribution is -2.35. The highest BCUT2D eigenvalue weighted by molar-refractivity contribution is 8.00. The fraction of sp³-hybridized carbons (Fsp3) is 0.217. The van der Waals surface area contributed by atoms with Gasteiger partial charge in [0.25, 0.3) is 5.91 Å². The van der Waals surface area contributed by atoms with Crippen LogP contribution in [0.25, 0.3) is 10.8 Å². The zero-order valence-corrected chi connectivity index (χ0v) is 17.2. The number of nitrogens with one attached hydrogen (secondary N) is 1. The van der Waals surface area contributed by atoms with Crippen molar-refractivity contribution in [3.8, 4) is 5.75 Å². The predicted molar refractivity (Wildman–Crippen MR) is 115 cm³/mol. The van der Waals surface area contributed by atoms with Crippen molar-refractivity contribution in [3.05, 3.63) is 72.3 Å². The van der Waals surface area contributed by atoms with Crippen molar-refractivity contribution < 1.29 is 19.1 Å². The van der Waals surface area contributed by atoms with Crippen LogP contribution in [0.1, 0.15) is 12.5 Å². The third-order valence-electron chi connectivity index (χ3n) is 4.38. The quantitative estimate of drug-likeness (QED) is 0.446. The summed E-state index contributed by atoms with van der Waals surface area (Å²) in [4.78, 5) is 25.3. The molecular weight excluding hydrogens is 386 g/mol. The van der Waals surface area contributed by atoms with Crippen LogP contribution in [-0.2, 0) is 20.9 Å². The molecule has 0 radical (unpaired) electrons. The highest BCUT2D eigenvalue weighted by atomic mass is 32.2. The van der Waals surface area contributed by atoms with Gasteiger partial charge in [0.05, 0.1) is 12.9 Å². The molecule has 5 nitrogen and oxygen atoms in total. The van der Waals surface area contributed by atoms with E-state index in [1.54, 1.807) is 14.0 Å². The first-order valence-corrected chi connectivity index (χ1v) is 10.3. The van der Waals surface area contributed by atoms with Crippen LogP contribution >= 0.6 is 11.8 Å². The van der Waals surface area contributed by atoms with Crippen molar-refractivity contribution in [2.75, 3.05) is 12.9 Å². The van der Waals surface area contributed by atoms with Crippen LogP contribution in [0.2, 0.25) is 0 Å². The van der Waals surface area contributed by atoms with Crippen LogP contribution in [0.15, 0.2) is 71.6 Å². The Bertz CT molecular complexity index is 988. The molecule has 3 aromatic carbocycles. The number of carbonyl (C=O) groups is 2. The van der Waals surface area contributed by atoms with E-state index in [1.807, 2.05) is 66.7 Å². The minimum absolute atomic E-state index is 0.147. The number of methoxy groups -OCH3 is 1. The van der Waals surface area contributed by atoms with E-state index in [-0.39, 0.29) is 11.7 Å². The Balaban J connectivity index is 1.44. The van der Waals surface area contributed by atoms with Gasteiger partial charge < -0.3 is 14.8 Å². The first kappa shape index (κ1) is 20.7. The van der Waals surface area contributed by atoms with Gasteiger partial charge in [0, 0.05) is 11.4 Å². The maximum Gasteiger partial charge on any atom is 0.317 e. The smallest absolute Gasteiger partial charge is 0.317 e. The summed E-state index contributed by atoms with van der Waals surface area (Å²) < 4.78 is 10.4. The van der Waals surface area contributed by atoms with E-state index in [9.17, 15) is 9.59 Å². The van der Waals surface area contributed by atoms with Crippen molar-refractivity contribution in [1.29, 1.82) is 0 Å². The van der Waals surface area contributed by atoms with E-state index in [1.165, 1.54) is 11.8 Å². The van der Waals surface area contributed by atoms with Crippen molar-refractivity contribution in [2.45, 2.75) is 24.5 Å². The minimum Gasteiger partial charge on any atom is -0.497 e. The van der Waals surface area contributed by atoms with Gasteiger partial charge in [0.1, 0.15) is 5.75 Å². The van der Waals surface area contributed by atoms with Crippen LogP contribution in [-0.4, -0.2) is 30.8 Å². The number of thioether (sulfide) groups is 1. The van der Waals surface area contributed by atoms with Crippen molar-refractivity contribution in [3.63, 3.8) is 0 Å². The van der Waals surface area contributed by atoms with Gasteiger partial charge in [-0.05, 0) is 47.5 Å². The number of carbonyl (C=O) groups excluding carboxylic acids is 2. The third kappa shape index (κ3) is 5.99. The standard InChI is InChI=1S/C23H23NO4S/c1-16(23(26)24-14-17-7-10-20(27-2)11-8-17)28-22(25)15-29-21-12-9-18-5-3-4-6-19(18)13-21/h3-13,16H,14-15H2,1-2H3,(H,24,26)/t16-/m0/s1. The molecule has 29 heavy (non-hydrogen) atoms. The van der Waals surface area contributed by atoms with E-state index >= 15 is 0 Å². The zero-order chi connectivity index (χ0) is 20.6. The first-order valence-electron chi connectivity index (χ1n) is 9.27. The molecule has 3 rings (SSSR count). The maximum atomic E-state index is 12.2. The molecule has 0 bridgehead atoms. The normalized spacial score (nSPS) is 11.7. The Morgan fingerprint density at radius 2 is 1.72 bits per heavy atom. The second-order valence-electron chi connectivity index (χ2n) is 6.50. The number of rotatable bonds is 8. The Morgan fingerprint density at radius 1 is 1.00 bits per heavy atom. The average molecular weight is 410 g/mol. The molecule has 0 fully saturated rings. The summed E-state index contributed by atoms with van der Waals surface area (Å²) in [6, 6.07) is 21.5. The number of ether oxygens (including phenoxy) is 2. The van der Waals surface area contributed by atoms with Crippen molar-refractivity contribution >= 4 is 34.4 Å². The third-order valence-corrected chi connectivity index (χ3v) is 5.35. The summed E-state index contributed by atoms with van der Waals surface area (Å²) in [6.07, 6.45) is -0.849. The molecular formula is C23H23NO4S. The van der Waals surface area contributed by atoms with Gasteiger partial charge in [-0.3, -0.25) is 9.59 Å². The fourth-order valence-electron chi connectivity index (χ4n) is 2.76. The predicted octanol–water partition coefficient (Wildman–Crippen LogP) is 4.19. The number of hydrogen-bond donors (Lipinski definition) is 1. The van der Waals surface area contributed by atoms with E-state index in [0.29, 0.717) is 6.54 Å². The van der Waals surface area contributed by atoms with Gasteiger partial charge in [0.15, 0.2) is 6.10 Å². The first-order chi connectivity index (χ1) is 14.0. The Hall–Kier alpha value is -2.99. The number of benzene rings is 3. The lowest BCUT2D eigenvalue weighted by molar-refractivity contribution is -0.152. The fourth-order valence-corrected chi connectivity index (χ4v) is 3.49. The van der Waals surface area contributed by atoms with Crippen molar-refractivity contribution in [2.24, 2.45) is 0 Å². The molecule has 0 aliphatic rings. The number of fused-ring (bicyclic) bond motifs is 1. The molecule has 0 heterocycles.